The van der Waals surface area contributed by atoms with Gasteiger partial charge in [0, 0.05) is 39.1 Å². The zero-order valence-corrected chi connectivity index (χ0v) is 11.9. The lowest BCUT2D eigenvalue weighted by atomic mass is 9.99. The molecule has 3 amide bonds. The number of amides is 3. The van der Waals surface area contributed by atoms with E-state index in [9.17, 15) is 19.5 Å². The summed E-state index contributed by atoms with van der Waals surface area (Å²) in [4.78, 5) is 36.5. The van der Waals surface area contributed by atoms with Gasteiger partial charge < -0.3 is 25.4 Å². The summed E-state index contributed by atoms with van der Waals surface area (Å²) in [5, 5.41) is 14.1. The fraction of sp³-hybridized carbons (Fsp3) is 0.769. The maximum atomic E-state index is 11.8. The zero-order chi connectivity index (χ0) is 15.3. The Labute approximate surface area is 122 Å². The second-order valence-electron chi connectivity index (χ2n) is 5.41. The highest BCUT2D eigenvalue weighted by Crippen LogP contribution is 2.18. The van der Waals surface area contributed by atoms with E-state index in [1.54, 1.807) is 4.90 Å². The molecule has 1 atom stereocenters. The van der Waals surface area contributed by atoms with E-state index in [2.05, 4.69) is 10.6 Å². The number of likely N-dealkylation sites (tertiary alicyclic amines) is 1. The third kappa shape index (κ3) is 3.84. The van der Waals surface area contributed by atoms with Gasteiger partial charge in [-0.2, -0.15) is 0 Å². The Kier molecular flexibility index (Phi) is 5.00. The Morgan fingerprint density at radius 3 is 2.52 bits per heavy atom. The fourth-order valence-electron chi connectivity index (χ4n) is 2.55. The number of hydrogen-bond donors (Lipinski definition) is 3. The summed E-state index contributed by atoms with van der Waals surface area (Å²) >= 11 is 0. The van der Waals surface area contributed by atoms with Crippen molar-refractivity contribution in [2.75, 3.05) is 32.8 Å². The number of rotatable bonds is 5. The highest BCUT2D eigenvalue weighted by molar-refractivity contribution is 5.87. The van der Waals surface area contributed by atoms with Crippen molar-refractivity contribution in [3.63, 3.8) is 0 Å². The van der Waals surface area contributed by atoms with Gasteiger partial charge in [0.25, 0.3) is 0 Å². The van der Waals surface area contributed by atoms with Crippen molar-refractivity contribution in [2.24, 2.45) is 0 Å². The van der Waals surface area contributed by atoms with Crippen LogP contribution >= 0.6 is 0 Å². The molecule has 8 nitrogen and oxygen atoms in total. The third-order valence-electron chi connectivity index (χ3n) is 3.87. The Hall–Kier alpha value is -1.83. The summed E-state index contributed by atoms with van der Waals surface area (Å²) in [6, 6.07) is -0.586. The molecule has 0 radical (unpaired) electrons. The van der Waals surface area contributed by atoms with E-state index in [4.69, 9.17) is 4.74 Å². The van der Waals surface area contributed by atoms with Crippen LogP contribution in [0.2, 0.25) is 0 Å². The molecule has 2 aliphatic rings. The first-order chi connectivity index (χ1) is 10.0. The van der Waals surface area contributed by atoms with Crippen LogP contribution in [0.15, 0.2) is 0 Å². The molecule has 0 saturated carbocycles. The van der Waals surface area contributed by atoms with Crippen LogP contribution in [0.5, 0.6) is 0 Å². The molecular weight excluding hydrogens is 278 g/mol. The number of ether oxygens (including phenoxy) is 1. The van der Waals surface area contributed by atoms with E-state index in [1.165, 1.54) is 0 Å². The van der Waals surface area contributed by atoms with Gasteiger partial charge in [-0.3, -0.25) is 4.79 Å². The highest BCUT2D eigenvalue weighted by atomic mass is 16.5. The van der Waals surface area contributed by atoms with Gasteiger partial charge in [-0.15, -0.1) is 0 Å². The minimum Gasteiger partial charge on any atom is -0.479 e. The minimum absolute atomic E-state index is 0.0185. The van der Waals surface area contributed by atoms with Gasteiger partial charge in [0.1, 0.15) is 0 Å². The predicted octanol–water partition coefficient (Wildman–Crippen LogP) is -0.458. The molecule has 0 spiro atoms. The van der Waals surface area contributed by atoms with Crippen LogP contribution < -0.4 is 10.6 Å². The van der Waals surface area contributed by atoms with Crippen LogP contribution in [-0.2, 0) is 14.3 Å². The van der Waals surface area contributed by atoms with Crippen molar-refractivity contribution in [3.05, 3.63) is 0 Å². The van der Waals surface area contributed by atoms with Gasteiger partial charge in [0.2, 0.25) is 5.91 Å². The van der Waals surface area contributed by atoms with Gasteiger partial charge in [-0.25, -0.2) is 9.59 Å². The Bertz CT molecular complexity index is 414. The minimum atomic E-state index is -1.36. The Balaban J connectivity index is 1.71. The van der Waals surface area contributed by atoms with Gasteiger partial charge in [-0.1, -0.05) is 0 Å². The molecule has 0 aromatic rings. The lowest BCUT2D eigenvalue weighted by Gasteiger charge is -2.23. The predicted molar refractivity (Wildman–Crippen MR) is 72.8 cm³/mol. The van der Waals surface area contributed by atoms with Crippen LogP contribution in [0.1, 0.15) is 25.7 Å². The van der Waals surface area contributed by atoms with E-state index >= 15 is 0 Å². The number of carboxylic acid groups (broad SMARTS) is 1. The van der Waals surface area contributed by atoms with Crippen LogP contribution in [-0.4, -0.2) is 66.3 Å². The molecule has 3 N–H and O–H groups in total. The monoisotopic (exact) mass is 299 g/mol. The summed E-state index contributed by atoms with van der Waals surface area (Å²) < 4.78 is 5.05. The molecule has 0 aromatic heterocycles. The maximum absolute atomic E-state index is 11.8. The summed E-state index contributed by atoms with van der Waals surface area (Å²) in [5.74, 6) is -1.09. The SMILES string of the molecule is O=C(NCCC(=O)N1CCCC1)NC1(C(=O)O)CCOC1. The second kappa shape index (κ2) is 6.75. The molecular formula is C13H21N3O5. The number of aliphatic carboxylic acids is 1. The standard InChI is InChI=1S/C13H21N3O5/c17-10(16-6-1-2-7-16)3-5-14-12(20)15-13(11(18)19)4-8-21-9-13/h1-9H2,(H,18,19)(H2,14,15,20). The molecule has 118 valence electrons. The molecule has 21 heavy (non-hydrogen) atoms. The number of nitrogens with one attached hydrogen (secondary N) is 2. The van der Waals surface area contributed by atoms with Crippen LogP contribution in [0.3, 0.4) is 0 Å². The number of carbonyl (C=O) groups is 3. The molecule has 2 rings (SSSR count). The Morgan fingerprint density at radius 2 is 1.95 bits per heavy atom. The lowest BCUT2D eigenvalue weighted by molar-refractivity contribution is -0.144. The number of nitrogens with zero attached hydrogens (tertiary/aromatic N) is 1. The Morgan fingerprint density at radius 1 is 1.24 bits per heavy atom. The molecule has 0 aliphatic carbocycles. The van der Waals surface area contributed by atoms with Crippen molar-refractivity contribution in [1.82, 2.24) is 15.5 Å². The molecule has 2 aliphatic heterocycles. The smallest absolute Gasteiger partial charge is 0.332 e. The summed E-state index contributed by atoms with van der Waals surface area (Å²) in [5.41, 5.74) is -1.36. The lowest BCUT2D eigenvalue weighted by Crippen LogP contribution is -2.57. The normalized spacial score (nSPS) is 24.9. The summed E-state index contributed by atoms with van der Waals surface area (Å²) in [7, 11) is 0. The number of carboxylic acids is 1. The molecule has 1 unspecified atom stereocenters. The number of hydrogen-bond acceptors (Lipinski definition) is 4. The first-order valence-electron chi connectivity index (χ1n) is 7.18. The van der Waals surface area contributed by atoms with Gasteiger partial charge in [0.05, 0.1) is 6.61 Å². The van der Waals surface area contributed by atoms with Gasteiger partial charge >= 0.3 is 12.0 Å². The summed E-state index contributed by atoms with van der Waals surface area (Å²) in [6.45, 7) is 2.02. The third-order valence-corrected chi connectivity index (χ3v) is 3.87. The van der Waals surface area contributed by atoms with E-state index in [0.29, 0.717) is 6.61 Å². The molecule has 2 heterocycles. The van der Waals surface area contributed by atoms with Crippen LogP contribution in [0.4, 0.5) is 4.79 Å². The van der Waals surface area contributed by atoms with Gasteiger partial charge in [0.15, 0.2) is 5.54 Å². The zero-order valence-electron chi connectivity index (χ0n) is 11.9. The fourth-order valence-corrected chi connectivity index (χ4v) is 2.55. The second-order valence-corrected chi connectivity index (χ2v) is 5.41. The van der Waals surface area contributed by atoms with Crippen molar-refractivity contribution in [3.8, 4) is 0 Å². The van der Waals surface area contributed by atoms with E-state index < -0.39 is 17.5 Å². The van der Waals surface area contributed by atoms with Crippen molar-refractivity contribution < 1.29 is 24.2 Å². The number of urea groups is 1. The topological polar surface area (TPSA) is 108 Å². The van der Waals surface area contributed by atoms with Gasteiger partial charge in [-0.05, 0) is 12.8 Å². The average Bonchev–Trinajstić information content (AvgIpc) is 3.10. The molecule has 2 saturated heterocycles. The maximum Gasteiger partial charge on any atom is 0.332 e. The summed E-state index contributed by atoms with van der Waals surface area (Å²) in [6.07, 6.45) is 2.52. The first-order valence-corrected chi connectivity index (χ1v) is 7.18. The van der Waals surface area contributed by atoms with Crippen molar-refractivity contribution in [1.29, 1.82) is 0 Å². The molecule has 8 heteroatoms. The highest BCUT2D eigenvalue weighted by Gasteiger charge is 2.43. The largest absolute Gasteiger partial charge is 0.479 e. The van der Waals surface area contributed by atoms with Crippen LogP contribution in [0, 0.1) is 0 Å². The van der Waals surface area contributed by atoms with Crippen LogP contribution in [0.25, 0.3) is 0 Å². The van der Waals surface area contributed by atoms with E-state index in [-0.39, 0.29) is 31.9 Å². The van der Waals surface area contributed by atoms with Crippen molar-refractivity contribution in [2.45, 2.75) is 31.2 Å². The molecule has 0 aromatic carbocycles. The van der Waals surface area contributed by atoms with E-state index in [0.717, 1.165) is 25.9 Å². The average molecular weight is 299 g/mol. The molecule has 2 fully saturated rings. The quantitative estimate of drug-likeness (QED) is 0.637. The van der Waals surface area contributed by atoms with E-state index in [1.807, 2.05) is 0 Å². The first kappa shape index (κ1) is 15.6. The molecule has 0 bridgehead atoms. The van der Waals surface area contributed by atoms with Crippen molar-refractivity contribution >= 4 is 17.9 Å². The number of carbonyl (C=O) groups excluding carboxylic acids is 2.